The van der Waals surface area contributed by atoms with Crippen LogP contribution in [0, 0.1) is 0 Å². The van der Waals surface area contributed by atoms with Crippen LogP contribution in [0.1, 0.15) is 12.5 Å². The fraction of sp³-hybridized carbons (Fsp3) is 0.133. The van der Waals surface area contributed by atoms with Gasteiger partial charge in [-0.1, -0.05) is 48.5 Å². The SMILES string of the molecule is CCN=C(NS(=O)(=O)c1ccccc1)c1ccccc1. The first-order chi connectivity index (χ1) is 9.63. The molecular formula is C15H16N2O2S. The average Bonchev–Trinajstić information content (AvgIpc) is 2.48. The van der Waals surface area contributed by atoms with E-state index in [2.05, 4.69) is 9.71 Å². The number of nitrogens with one attached hydrogen (secondary N) is 1. The fourth-order valence-electron chi connectivity index (χ4n) is 1.72. The van der Waals surface area contributed by atoms with E-state index in [-0.39, 0.29) is 4.90 Å². The third-order valence-corrected chi connectivity index (χ3v) is 4.00. The highest BCUT2D eigenvalue weighted by atomic mass is 32.2. The number of sulfonamides is 1. The van der Waals surface area contributed by atoms with Gasteiger partial charge in [0.25, 0.3) is 10.0 Å². The minimum atomic E-state index is -3.61. The summed E-state index contributed by atoms with van der Waals surface area (Å²) in [6.07, 6.45) is 0. The molecule has 0 saturated heterocycles. The quantitative estimate of drug-likeness (QED) is 0.694. The van der Waals surface area contributed by atoms with Crippen molar-refractivity contribution in [2.45, 2.75) is 11.8 Å². The predicted molar refractivity (Wildman–Crippen MR) is 80.3 cm³/mol. The molecule has 0 unspecified atom stereocenters. The molecule has 5 heteroatoms. The third kappa shape index (κ3) is 3.45. The molecule has 0 heterocycles. The van der Waals surface area contributed by atoms with Crippen LogP contribution in [0.2, 0.25) is 0 Å². The van der Waals surface area contributed by atoms with Crippen molar-refractivity contribution in [3.8, 4) is 0 Å². The lowest BCUT2D eigenvalue weighted by molar-refractivity contribution is 0.592. The predicted octanol–water partition coefficient (Wildman–Crippen LogP) is 2.43. The van der Waals surface area contributed by atoms with Crippen molar-refractivity contribution < 1.29 is 8.42 Å². The Hall–Kier alpha value is -2.14. The monoisotopic (exact) mass is 288 g/mol. The van der Waals surface area contributed by atoms with Gasteiger partial charge in [-0.2, -0.15) is 0 Å². The van der Waals surface area contributed by atoms with Crippen LogP contribution >= 0.6 is 0 Å². The standard InChI is InChI=1S/C15H16N2O2S/c1-2-16-15(13-9-5-3-6-10-13)17-20(18,19)14-11-7-4-8-12-14/h3-12H,2H2,1H3,(H,16,17). The Morgan fingerprint density at radius 2 is 1.55 bits per heavy atom. The van der Waals surface area contributed by atoms with E-state index < -0.39 is 10.0 Å². The first-order valence-corrected chi connectivity index (χ1v) is 7.79. The van der Waals surface area contributed by atoms with Gasteiger partial charge in [-0.25, -0.2) is 8.42 Å². The van der Waals surface area contributed by atoms with E-state index in [1.807, 2.05) is 37.3 Å². The molecule has 20 heavy (non-hydrogen) atoms. The first kappa shape index (κ1) is 14.3. The zero-order valence-electron chi connectivity index (χ0n) is 11.2. The van der Waals surface area contributed by atoms with Crippen LogP contribution in [-0.2, 0) is 10.0 Å². The van der Waals surface area contributed by atoms with Crippen LogP contribution < -0.4 is 4.72 Å². The van der Waals surface area contributed by atoms with Crippen molar-refractivity contribution in [3.63, 3.8) is 0 Å². The molecule has 0 aromatic heterocycles. The van der Waals surface area contributed by atoms with E-state index in [0.29, 0.717) is 12.4 Å². The van der Waals surface area contributed by atoms with Gasteiger partial charge in [-0.05, 0) is 19.1 Å². The van der Waals surface area contributed by atoms with Gasteiger partial charge in [0.1, 0.15) is 5.84 Å². The van der Waals surface area contributed by atoms with Crippen LogP contribution in [-0.4, -0.2) is 20.8 Å². The van der Waals surface area contributed by atoms with Gasteiger partial charge in [0.15, 0.2) is 0 Å². The second-order valence-corrected chi connectivity index (χ2v) is 5.79. The highest BCUT2D eigenvalue weighted by Crippen LogP contribution is 2.09. The van der Waals surface area contributed by atoms with Crippen LogP contribution in [0.15, 0.2) is 70.6 Å². The van der Waals surface area contributed by atoms with E-state index in [1.54, 1.807) is 30.3 Å². The Balaban J connectivity index is 2.33. The summed E-state index contributed by atoms with van der Waals surface area (Å²) in [4.78, 5) is 4.45. The molecule has 2 rings (SSSR count). The van der Waals surface area contributed by atoms with Crippen molar-refractivity contribution in [3.05, 3.63) is 66.2 Å². The molecule has 0 aliphatic carbocycles. The van der Waals surface area contributed by atoms with E-state index in [4.69, 9.17) is 0 Å². The number of nitrogens with zero attached hydrogens (tertiary/aromatic N) is 1. The first-order valence-electron chi connectivity index (χ1n) is 6.31. The maximum atomic E-state index is 12.3. The lowest BCUT2D eigenvalue weighted by Gasteiger charge is -2.11. The van der Waals surface area contributed by atoms with E-state index in [9.17, 15) is 8.42 Å². The van der Waals surface area contributed by atoms with Crippen molar-refractivity contribution >= 4 is 15.9 Å². The van der Waals surface area contributed by atoms with E-state index >= 15 is 0 Å². The second kappa shape index (κ2) is 6.34. The largest absolute Gasteiger partial charge is 0.268 e. The molecule has 2 aromatic carbocycles. The molecule has 0 amide bonds. The minimum absolute atomic E-state index is 0.222. The molecule has 4 nitrogen and oxygen atoms in total. The molecular weight excluding hydrogens is 272 g/mol. The molecule has 0 aliphatic rings. The summed E-state index contributed by atoms with van der Waals surface area (Å²) in [6, 6.07) is 17.5. The van der Waals surface area contributed by atoms with Crippen LogP contribution in [0.25, 0.3) is 0 Å². The normalized spacial score (nSPS) is 12.2. The van der Waals surface area contributed by atoms with Gasteiger partial charge < -0.3 is 0 Å². The number of rotatable bonds is 4. The summed E-state index contributed by atoms with van der Waals surface area (Å²) in [6.45, 7) is 2.36. The zero-order valence-corrected chi connectivity index (χ0v) is 12.0. The van der Waals surface area contributed by atoms with E-state index in [0.717, 1.165) is 5.56 Å². The van der Waals surface area contributed by atoms with Gasteiger partial charge in [-0.3, -0.25) is 9.71 Å². The van der Waals surface area contributed by atoms with Crippen molar-refractivity contribution in [1.29, 1.82) is 0 Å². The third-order valence-electron chi connectivity index (χ3n) is 2.65. The number of aliphatic imine (C=N–C) groups is 1. The van der Waals surface area contributed by atoms with Crippen LogP contribution in [0.5, 0.6) is 0 Å². The van der Waals surface area contributed by atoms with Gasteiger partial charge >= 0.3 is 0 Å². The smallest absolute Gasteiger partial charge is 0.263 e. The Kier molecular flexibility index (Phi) is 4.53. The number of hydrogen-bond acceptors (Lipinski definition) is 3. The summed E-state index contributed by atoms with van der Waals surface area (Å²) in [5.41, 5.74) is 0.744. The number of benzene rings is 2. The number of hydrogen-bond donors (Lipinski definition) is 1. The van der Waals surface area contributed by atoms with E-state index in [1.165, 1.54) is 0 Å². The van der Waals surface area contributed by atoms with Crippen molar-refractivity contribution in [2.24, 2.45) is 4.99 Å². The molecule has 2 aromatic rings. The highest BCUT2D eigenvalue weighted by molar-refractivity contribution is 7.90. The summed E-state index contributed by atoms with van der Waals surface area (Å²) in [5.74, 6) is 0.358. The lowest BCUT2D eigenvalue weighted by atomic mass is 10.2. The minimum Gasteiger partial charge on any atom is -0.268 e. The lowest BCUT2D eigenvalue weighted by Crippen LogP contribution is -2.31. The maximum absolute atomic E-state index is 12.3. The second-order valence-electron chi connectivity index (χ2n) is 4.11. The van der Waals surface area contributed by atoms with Gasteiger partial charge in [0.2, 0.25) is 0 Å². The summed E-state index contributed by atoms with van der Waals surface area (Å²) >= 11 is 0. The summed E-state index contributed by atoms with van der Waals surface area (Å²) in [5, 5.41) is 0. The number of amidine groups is 1. The molecule has 0 aliphatic heterocycles. The topological polar surface area (TPSA) is 58.5 Å². The molecule has 0 radical (unpaired) electrons. The Labute approximate surface area is 119 Å². The Morgan fingerprint density at radius 3 is 2.10 bits per heavy atom. The molecule has 1 N–H and O–H groups in total. The maximum Gasteiger partial charge on any atom is 0.263 e. The van der Waals surface area contributed by atoms with Crippen LogP contribution in [0.3, 0.4) is 0 Å². The fourth-order valence-corrected chi connectivity index (χ4v) is 2.79. The summed E-state index contributed by atoms with van der Waals surface area (Å²) < 4.78 is 27.1. The molecule has 0 spiro atoms. The Bertz CT molecular complexity index is 680. The summed E-state index contributed by atoms with van der Waals surface area (Å²) in [7, 11) is -3.61. The molecule has 104 valence electrons. The molecule has 0 saturated carbocycles. The molecule has 0 fully saturated rings. The average molecular weight is 288 g/mol. The zero-order chi connectivity index (χ0) is 14.4. The Morgan fingerprint density at radius 1 is 1.00 bits per heavy atom. The molecule has 0 bridgehead atoms. The molecule has 0 atom stereocenters. The van der Waals surface area contributed by atoms with Crippen molar-refractivity contribution in [1.82, 2.24) is 4.72 Å². The van der Waals surface area contributed by atoms with Crippen molar-refractivity contribution in [2.75, 3.05) is 6.54 Å². The van der Waals surface area contributed by atoms with Gasteiger partial charge in [0.05, 0.1) is 4.90 Å². The highest BCUT2D eigenvalue weighted by Gasteiger charge is 2.16. The van der Waals surface area contributed by atoms with Gasteiger partial charge in [0, 0.05) is 12.1 Å². The van der Waals surface area contributed by atoms with Gasteiger partial charge in [-0.15, -0.1) is 0 Å². The van der Waals surface area contributed by atoms with Crippen LogP contribution in [0.4, 0.5) is 0 Å².